The highest BCUT2D eigenvalue weighted by Gasteiger charge is 1.94. The summed E-state index contributed by atoms with van der Waals surface area (Å²) in [6.07, 6.45) is 3.04. The quantitative estimate of drug-likeness (QED) is 0.486. The number of rotatable bonds is 2. The summed E-state index contributed by atoms with van der Waals surface area (Å²) in [4.78, 5) is 13.3. The third kappa shape index (κ3) is 1.87. The maximum Gasteiger partial charge on any atom is 0.240 e. The molecule has 1 rings (SSSR count). The number of isocyanates is 1. The lowest BCUT2D eigenvalue weighted by Gasteiger charge is -1.94. The topological polar surface area (TPSA) is 29.4 Å². The summed E-state index contributed by atoms with van der Waals surface area (Å²) in [6, 6.07) is 6.72. The van der Waals surface area contributed by atoms with Gasteiger partial charge in [0.15, 0.2) is 0 Å². The van der Waals surface area contributed by atoms with Crippen LogP contribution in [0.4, 0.5) is 10.1 Å². The Morgan fingerprint density at radius 2 is 2.17 bits per heavy atom. The molecule has 0 bridgehead atoms. The monoisotopic (exact) mass is 163 g/mol. The SMILES string of the molecule is O=C=Nc1ccccc1/C=C/F. The molecule has 0 saturated heterocycles. The number of hydrogen-bond donors (Lipinski definition) is 0. The van der Waals surface area contributed by atoms with Crippen LogP contribution in [-0.4, -0.2) is 6.08 Å². The van der Waals surface area contributed by atoms with Gasteiger partial charge in [-0.3, -0.25) is 0 Å². The molecule has 60 valence electrons. The molecule has 0 aliphatic rings. The van der Waals surface area contributed by atoms with Crippen LogP contribution >= 0.6 is 0 Å². The van der Waals surface area contributed by atoms with E-state index in [0.29, 0.717) is 17.6 Å². The first-order valence-electron chi connectivity index (χ1n) is 3.32. The van der Waals surface area contributed by atoms with Crippen molar-refractivity contribution < 1.29 is 9.18 Å². The summed E-state index contributed by atoms with van der Waals surface area (Å²) < 4.78 is 11.8. The third-order valence-corrected chi connectivity index (χ3v) is 1.35. The van der Waals surface area contributed by atoms with Gasteiger partial charge in [0, 0.05) is 5.56 Å². The average molecular weight is 163 g/mol. The molecule has 0 aromatic heterocycles. The zero-order valence-corrected chi connectivity index (χ0v) is 6.20. The highest BCUT2D eigenvalue weighted by Crippen LogP contribution is 2.18. The van der Waals surface area contributed by atoms with Gasteiger partial charge in [-0.15, -0.1) is 0 Å². The molecule has 0 amide bonds. The van der Waals surface area contributed by atoms with Gasteiger partial charge in [0.1, 0.15) is 0 Å². The van der Waals surface area contributed by atoms with Crippen LogP contribution in [0.5, 0.6) is 0 Å². The summed E-state index contributed by atoms with van der Waals surface area (Å²) in [7, 11) is 0. The Bertz CT molecular complexity index is 340. The van der Waals surface area contributed by atoms with Crippen molar-refractivity contribution in [3.05, 3.63) is 36.2 Å². The predicted molar refractivity (Wildman–Crippen MR) is 44.4 cm³/mol. The zero-order chi connectivity index (χ0) is 8.81. The Kier molecular flexibility index (Phi) is 2.94. The Morgan fingerprint density at radius 3 is 2.83 bits per heavy atom. The summed E-state index contributed by atoms with van der Waals surface area (Å²) in [5.74, 6) is 0. The van der Waals surface area contributed by atoms with E-state index >= 15 is 0 Å². The molecule has 0 radical (unpaired) electrons. The summed E-state index contributed by atoms with van der Waals surface area (Å²) >= 11 is 0. The van der Waals surface area contributed by atoms with E-state index in [0.717, 1.165) is 0 Å². The third-order valence-electron chi connectivity index (χ3n) is 1.35. The van der Waals surface area contributed by atoms with Gasteiger partial charge in [0.2, 0.25) is 6.08 Å². The van der Waals surface area contributed by atoms with Gasteiger partial charge in [-0.2, -0.15) is 4.99 Å². The van der Waals surface area contributed by atoms with Gasteiger partial charge in [-0.05, 0) is 12.1 Å². The summed E-state index contributed by atoms with van der Waals surface area (Å²) in [5.41, 5.74) is 0.977. The standard InChI is InChI=1S/C9H6FNO/c10-6-5-8-3-1-2-4-9(8)11-7-12/h1-6H/b6-5+. The zero-order valence-electron chi connectivity index (χ0n) is 6.20. The molecule has 1 aromatic rings. The molecule has 12 heavy (non-hydrogen) atoms. The second kappa shape index (κ2) is 4.21. The van der Waals surface area contributed by atoms with Crippen molar-refractivity contribution in [1.82, 2.24) is 0 Å². The van der Waals surface area contributed by atoms with E-state index in [9.17, 15) is 9.18 Å². The van der Waals surface area contributed by atoms with E-state index in [-0.39, 0.29) is 0 Å². The molecule has 2 nitrogen and oxygen atoms in total. The van der Waals surface area contributed by atoms with Crippen LogP contribution in [0.25, 0.3) is 6.08 Å². The second-order valence-electron chi connectivity index (χ2n) is 2.05. The smallest absolute Gasteiger partial charge is 0.216 e. The molecule has 0 N–H and O–H groups in total. The van der Waals surface area contributed by atoms with Crippen LogP contribution in [0.2, 0.25) is 0 Å². The first kappa shape index (κ1) is 8.37. The van der Waals surface area contributed by atoms with Crippen LogP contribution < -0.4 is 0 Å². The molecule has 0 atom stereocenters. The molecule has 0 saturated carbocycles. The van der Waals surface area contributed by atoms with E-state index < -0.39 is 0 Å². The molecular weight excluding hydrogens is 157 g/mol. The van der Waals surface area contributed by atoms with Crippen molar-refractivity contribution in [3.8, 4) is 0 Å². The molecule has 0 spiro atoms. The van der Waals surface area contributed by atoms with E-state index in [2.05, 4.69) is 4.99 Å². The minimum Gasteiger partial charge on any atom is -0.216 e. The Balaban J connectivity index is 3.16. The van der Waals surface area contributed by atoms with Crippen LogP contribution in [0.1, 0.15) is 5.56 Å². The molecule has 0 unspecified atom stereocenters. The van der Waals surface area contributed by atoms with Crippen molar-refractivity contribution in [3.63, 3.8) is 0 Å². The largest absolute Gasteiger partial charge is 0.240 e. The van der Waals surface area contributed by atoms with E-state index in [1.165, 1.54) is 12.2 Å². The van der Waals surface area contributed by atoms with E-state index in [4.69, 9.17) is 0 Å². The second-order valence-corrected chi connectivity index (χ2v) is 2.05. The van der Waals surface area contributed by atoms with Gasteiger partial charge in [0.05, 0.1) is 12.0 Å². The van der Waals surface area contributed by atoms with Crippen molar-refractivity contribution in [2.75, 3.05) is 0 Å². The fourth-order valence-corrected chi connectivity index (χ4v) is 0.847. The Hall–Kier alpha value is -1.73. The number of para-hydroxylation sites is 1. The van der Waals surface area contributed by atoms with Gasteiger partial charge in [-0.1, -0.05) is 18.2 Å². The summed E-state index contributed by atoms with van der Waals surface area (Å²) in [6.45, 7) is 0. The minimum atomic E-state index is 0.402. The van der Waals surface area contributed by atoms with Crippen molar-refractivity contribution in [2.24, 2.45) is 4.99 Å². The highest BCUT2D eigenvalue weighted by molar-refractivity contribution is 5.65. The summed E-state index contributed by atoms with van der Waals surface area (Å²) in [5, 5.41) is 0. The van der Waals surface area contributed by atoms with Crippen LogP contribution in [-0.2, 0) is 4.79 Å². The lowest BCUT2D eigenvalue weighted by molar-refractivity contribution is 0.565. The molecule has 3 heteroatoms. The molecule has 0 heterocycles. The van der Waals surface area contributed by atoms with Gasteiger partial charge in [-0.25, -0.2) is 9.18 Å². The van der Waals surface area contributed by atoms with E-state index in [1.807, 2.05) is 0 Å². The number of hydrogen-bond acceptors (Lipinski definition) is 2. The Morgan fingerprint density at radius 1 is 1.42 bits per heavy atom. The lowest BCUT2D eigenvalue weighted by Crippen LogP contribution is -1.71. The number of halogens is 1. The van der Waals surface area contributed by atoms with Gasteiger partial charge in [0.25, 0.3) is 0 Å². The maximum atomic E-state index is 11.8. The first-order valence-corrected chi connectivity index (χ1v) is 3.32. The number of benzene rings is 1. The Labute approximate surface area is 69.1 Å². The molecule has 0 aliphatic carbocycles. The predicted octanol–water partition coefficient (Wildman–Crippen LogP) is 2.59. The number of aliphatic imine (C=N–C) groups is 1. The van der Waals surface area contributed by atoms with Crippen molar-refractivity contribution in [2.45, 2.75) is 0 Å². The van der Waals surface area contributed by atoms with Crippen LogP contribution in [0.15, 0.2) is 35.6 Å². The fourth-order valence-electron chi connectivity index (χ4n) is 0.847. The lowest BCUT2D eigenvalue weighted by atomic mass is 10.2. The number of nitrogens with zero attached hydrogens (tertiary/aromatic N) is 1. The maximum absolute atomic E-state index is 11.8. The number of carbonyl (C=O) groups excluding carboxylic acids is 1. The average Bonchev–Trinajstić information content (AvgIpc) is 2.09. The normalized spacial score (nSPS) is 9.75. The molecular formula is C9H6FNO. The minimum absolute atomic E-state index is 0.402. The van der Waals surface area contributed by atoms with Gasteiger partial charge < -0.3 is 0 Å². The van der Waals surface area contributed by atoms with E-state index in [1.54, 1.807) is 24.3 Å². The first-order chi connectivity index (χ1) is 5.88. The molecule has 0 aliphatic heterocycles. The van der Waals surface area contributed by atoms with Crippen LogP contribution in [0.3, 0.4) is 0 Å². The fraction of sp³-hybridized carbons (Fsp3) is 0. The van der Waals surface area contributed by atoms with Crippen molar-refractivity contribution in [1.29, 1.82) is 0 Å². The van der Waals surface area contributed by atoms with Gasteiger partial charge >= 0.3 is 0 Å². The molecule has 1 aromatic carbocycles. The molecule has 0 fully saturated rings. The highest BCUT2D eigenvalue weighted by atomic mass is 19.1. The van der Waals surface area contributed by atoms with Crippen LogP contribution in [0, 0.1) is 0 Å². The van der Waals surface area contributed by atoms with Crippen molar-refractivity contribution >= 4 is 17.8 Å².